The van der Waals surface area contributed by atoms with Crippen molar-refractivity contribution in [3.8, 4) is 5.75 Å². The largest absolute Gasteiger partial charge is 0.497 e. The standard InChI is InChI=1S/C19H20Cl2O/c1-3-12-8-13-4-6-15(22-2)11-17(13)16(9-12)14-5-7-18(20)19(21)10-14/h4-7,10-12,16H,3,8-9H2,1-2H3/t12-,16+/m0/s1. The van der Waals surface area contributed by atoms with E-state index in [1.807, 2.05) is 12.1 Å². The number of fused-ring (bicyclic) bond motifs is 1. The van der Waals surface area contributed by atoms with E-state index in [4.69, 9.17) is 27.9 Å². The van der Waals surface area contributed by atoms with Gasteiger partial charge in [0.2, 0.25) is 0 Å². The second-order valence-corrected chi connectivity index (χ2v) is 6.82. The van der Waals surface area contributed by atoms with Gasteiger partial charge < -0.3 is 4.74 Å². The first-order valence-electron chi connectivity index (χ1n) is 7.74. The van der Waals surface area contributed by atoms with Gasteiger partial charge in [-0.2, -0.15) is 0 Å². The van der Waals surface area contributed by atoms with Gasteiger partial charge in [0.1, 0.15) is 5.75 Å². The lowest BCUT2D eigenvalue weighted by molar-refractivity contribution is 0.401. The first-order chi connectivity index (χ1) is 10.6. The Morgan fingerprint density at radius 3 is 2.59 bits per heavy atom. The molecule has 0 aliphatic heterocycles. The fourth-order valence-corrected chi connectivity index (χ4v) is 3.73. The summed E-state index contributed by atoms with van der Waals surface area (Å²) in [6.07, 6.45) is 3.49. The van der Waals surface area contributed by atoms with Crippen molar-refractivity contribution in [2.75, 3.05) is 7.11 Å². The highest BCUT2D eigenvalue weighted by atomic mass is 35.5. The van der Waals surface area contributed by atoms with Crippen molar-refractivity contribution < 1.29 is 4.74 Å². The van der Waals surface area contributed by atoms with Gasteiger partial charge >= 0.3 is 0 Å². The number of methoxy groups -OCH3 is 1. The molecule has 0 aromatic heterocycles. The SMILES string of the molecule is CC[C@H]1Cc2ccc(OC)cc2[C@@H](c2ccc(Cl)c(Cl)c2)C1. The van der Waals surface area contributed by atoms with E-state index in [-0.39, 0.29) is 0 Å². The van der Waals surface area contributed by atoms with Gasteiger partial charge in [-0.3, -0.25) is 0 Å². The Hall–Kier alpha value is -1.18. The van der Waals surface area contributed by atoms with Crippen molar-refractivity contribution in [3.63, 3.8) is 0 Å². The summed E-state index contributed by atoms with van der Waals surface area (Å²) >= 11 is 12.3. The van der Waals surface area contributed by atoms with Crippen molar-refractivity contribution >= 4 is 23.2 Å². The zero-order chi connectivity index (χ0) is 15.7. The molecule has 2 atom stereocenters. The van der Waals surface area contributed by atoms with Gasteiger partial charge in [-0.1, -0.05) is 48.7 Å². The van der Waals surface area contributed by atoms with E-state index in [1.165, 1.54) is 23.1 Å². The van der Waals surface area contributed by atoms with Gasteiger partial charge in [-0.25, -0.2) is 0 Å². The van der Waals surface area contributed by atoms with Crippen LogP contribution >= 0.6 is 23.2 Å². The van der Waals surface area contributed by atoms with Gasteiger partial charge in [0.25, 0.3) is 0 Å². The molecule has 0 spiro atoms. The zero-order valence-electron chi connectivity index (χ0n) is 12.9. The molecule has 1 nitrogen and oxygen atoms in total. The summed E-state index contributed by atoms with van der Waals surface area (Å²) in [5, 5.41) is 1.24. The number of benzene rings is 2. The molecule has 0 N–H and O–H groups in total. The van der Waals surface area contributed by atoms with Crippen LogP contribution in [0.25, 0.3) is 0 Å². The molecule has 0 saturated heterocycles. The molecule has 22 heavy (non-hydrogen) atoms. The summed E-state index contributed by atoms with van der Waals surface area (Å²) in [5.74, 6) is 1.98. The van der Waals surface area contributed by atoms with Crippen LogP contribution in [0.2, 0.25) is 10.0 Å². The lowest BCUT2D eigenvalue weighted by Gasteiger charge is -2.32. The van der Waals surface area contributed by atoms with E-state index in [1.54, 1.807) is 7.11 Å². The van der Waals surface area contributed by atoms with Crippen LogP contribution in [0, 0.1) is 5.92 Å². The van der Waals surface area contributed by atoms with Crippen LogP contribution in [-0.4, -0.2) is 7.11 Å². The summed E-state index contributed by atoms with van der Waals surface area (Å²) in [4.78, 5) is 0. The lowest BCUT2D eigenvalue weighted by atomic mass is 9.73. The summed E-state index contributed by atoms with van der Waals surface area (Å²) in [6.45, 7) is 2.27. The van der Waals surface area contributed by atoms with Crippen molar-refractivity contribution in [2.24, 2.45) is 5.92 Å². The van der Waals surface area contributed by atoms with Crippen molar-refractivity contribution in [1.82, 2.24) is 0 Å². The Kier molecular flexibility index (Phi) is 4.65. The molecule has 3 rings (SSSR count). The van der Waals surface area contributed by atoms with E-state index >= 15 is 0 Å². The normalized spacial score (nSPS) is 20.5. The van der Waals surface area contributed by atoms with Crippen LogP contribution in [0.3, 0.4) is 0 Å². The van der Waals surface area contributed by atoms with Crippen LogP contribution in [0.5, 0.6) is 5.75 Å². The third-order valence-electron chi connectivity index (χ3n) is 4.73. The van der Waals surface area contributed by atoms with Gasteiger partial charge in [0.15, 0.2) is 0 Å². The third kappa shape index (κ3) is 2.98. The number of halogens is 2. The quantitative estimate of drug-likeness (QED) is 0.658. The molecule has 0 bridgehead atoms. The van der Waals surface area contributed by atoms with E-state index < -0.39 is 0 Å². The minimum Gasteiger partial charge on any atom is -0.497 e. The molecular formula is C19H20Cl2O. The summed E-state index contributed by atoms with van der Waals surface area (Å²) in [7, 11) is 1.72. The van der Waals surface area contributed by atoms with Gasteiger partial charge in [0.05, 0.1) is 17.2 Å². The van der Waals surface area contributed by atoms with E-state index in [9.17, 15) is 0 Å². The molecule has 3 heteroatoms. The first kappa shape index (κ1) is 15.7. The highest BCUT2D eigenvalue weighted by Crippen LogP contribution is 2.42. The number of rotatable bonds is 3. The molecule has 0 fully saturated rings. The monoisotopic (exact) mass is 334 g/mol. The maximum absolute atomic E-state index is 6.23. The predicted molar refractivity (Wildman–Crippen MR) is 93.4 cm³/mol. The van der Waals surface area contributed by atoms with Crippen LogP contribution in [0.15, 0.2) is 36.4 Å². The fourth-order valence-electron chi connectivity index (χ4n) is 3.42. The highest BCUT2D eigenvalue weighted by molar-refractivity contribution is 6.42. The van der Waals surface area contributed by atoms with Gasteiger partial charge in [0, 0.05) is 5.92 Å². The second kappa shape index (κ2) is 6.52. The highest BCUT2D eigenvalue weighted by Gasteiger charge is 2.28. The van der Waals surface area contributed by atoms with Crippen molar-refractivity contribution in [2.45, 2.75) is 32.1 Å². The van der Waals surface area contributed by atoms with E-state index in [0.29, 0.717) is 21.9 Å². The average Bonchev–Trinajstić information content (AvgIpc) is 2.55. The first-order valence-corrected chi connectivity index (χ1v) is 8.49. The van der Waals surface area contributed by atoms with Crippen LogP contribution in [0.4, 0.5) is 0 Å². The molecule has 0 saturated carbocycles. The van der Waals surface area contributed by atoms with Crippen molar-refractivity contribution in [1.29, 1.82) is 0 Å². The smallest absolute Gasteiger partial charge is 0.119 e. The third-order valence-corrected chi connectivity index (χ3v) is 5.47. The number of hydrogen-bond acceptors (Lipinski definition) is 1. The second-order valence-electron chi connectivity index (χ2n) is 6.00. The average molecular weight is 335 g/mol. The Bertz CT molecular complexity index is 681. The topological polar surface area (TPSA) is 9.23 Å². The minimum atomic E-state index is 0.360. The molecule has 1 aliphatic rings. The maximum atomic E-state index is 6.23. The molecule has 2 aromatic rings. The van der Waals surface area contributed by atoms with Crippen LogP contribution in [-0.2, 0) is 6.42 Å². The Morgan fingerprint density at radius 1 is 1.09 bits per heavy atom. The fraction of sp³-hybridized carbons (Fsp3) is 0.368. The Morgan fingerprint density at radius 2 is 1.91 bits per heavy atom. The molecule has 116 valence electrons. The van der Waals surface area contributed by atoms with E-state index in [2.05, 4.69) is 31.2 Å². The Balaban J connectivity index is 2.07. The predicted octanol–water partition coefficient (Wildman–Crippen LogP) is 6.11. The minimum absolute atomic E-state index is 0.360. The van der Waals surface area contributed by atoms with Crippen molar-refractivity contribution in [3.05, 3.63) is 63.1 Å². The maximum Gasteiger partial charge on any atom is 0.119 e. The van der Waals surface area contributed by atoms with Gasteiger partial charge in [-0.15, -0.1) is 0 Å². The summed E-state index contributed by atoms with van der Waals surface area (Å²) < 4.78 is 5.41. The molecule has 1 aliphatic carbocycles. The number of ether oxygens (including phenoxy) is 1. The van der Waals surface area contributed by atoms with Crippen LogP contribution < -0.4 is 4.74 Å². The zero-order valence-corrected chi connectivity index (χ0v) is 14.4. The molecule has 0 unspecified atom stereocenters. The molecular weight excluding hydrogens is 315 g/mol. The number of hydrogen-bond donors (Lipinski definition) is 0. The molecule has 0 amide bonds. The summed E-state index contributed by atoms with van der Waals surface area (Å²) in [6, 6.07) is 12.4. The van der Waals surface area contributed by atoms with E-state index in [0.717, 1.165) is 18.6 Å². The molecule has 0 heterocycles. The summed E-state index contributed by atoms with van der Waals surface area (Å²) in [5.41, 5.74) is 4.03. The lowest BCUT2D eigenvalue weighted by Crippen LogP contribution is -2.19. The molecule has 2 aromatic carbocycles. The van der Waals surface area contributed by atoms with Gasteiger partial charge in [-0.05, 0) is 59.7 Å². The molecule has 0 radical (unpaired) electrons. The Labute approximate surface area is 142 Å². The van der Waals surface area contributed by atoms with Crippen LogP contribution in [0.1, 0.15) is 42.4 Å².